The van der Waals surface area contributed by atoms with Crippen molar-refractivity contribution < 1.29 is 0 Å². The van der Waals surface area contributed by atoms with Crippen LogP contribution in [-0.4, -0.2) is 17.6 Å². The van der Waals surface area contributed by atoms with Crippen LogP contribution >= 0.6 is 0 Å². The van der Waals surface area contributed by atoms with Crippen LogP contribution in [0.25, 0.3) is 0 Å². The number of H-pyrrole nitrogens is 1. The van der Waals surface area contributed by atoms with Gasteiger partial charge in [0.2, 0.25) is 0 Å². The first-order chi connectivity index (χ1) is 7.88. The summed E-state index contributed by atoms with van der Waals surface area (Å²) >= 11 is 0. The van der Waals surface area contributed by atoms with E-state index in [2.05, 4.69) is 22.4 Å². The van der Waals surface area contributed by atoms with Gasteiger partial charge in [0.05, 0.1) is 6.07 Å². The van der Waals surface area contributed by atoms with Crippen molar-refractivity contribution in [3.63, 3.8) is 0 Å². The van der Waals surface area contributed by atoms with Gasteiger partial charge < -0.3 is 10.3 Å². The summed E-state index contributed by atoms with van der Waals surface area (Å²) in [5.74, 6) is 0.308. The Bertz CT molecular complexity index is 329. The van der Waals surface area contributed by atoms with E-state index >= 15 is 0 Å². The lowest BCUT2D eigenvalue weighted by Crippen LogP contribution is -2.34. The maximum atomic E-state index is 8.80. The summed E-state index contributed by atoms with van der Waals surface area (Å²) in [4.78, 5) is 3.07. The van der Waals surface area contributed by atoms with Gasteiger partial charge in [-0.2, -0.15) is 5.26 Å². The zero-order valence-electron chi connectivity index (χ0n) is 9.58. The molecule has 1 saturated carbocycles. The minimum absolute atomic E-state index is 0.308. The fourth-order valence-corrected chi connectivity index (χ4v) is 2.36. The SMILES string of the molecule is N#CC1CCC(NCCc2cc[nH]c2)CC1. The van der Waals surface area contributed by atoms with Gasteiger partial charge >= 0.3 is 0 Å². The summed E-state index contributed by atoms with van der Waals surface area (Å²) in [5, 5.41) is 12.4. The summed E-state index contributed by atoms with van der Waals surface area (Å²) in [6.45, 7) is 1.04. The molecule has 1 aliphatic rings. The highest BCUT2D eigenvalue weighted by Crippen LogP contribution is 2.23. The van der Waals surface area contributed by atoms with Crippen molar-refractivity contribution in [1.82, 2.24) is 10.3 Å². The molecule has 1 aliphatic carbocycles. The third-order valence-corrected chi connectivity index (χ3v) is 3.42. The largest absolute Gasteiger partial charge is 0.367 e. The highest BCUT2D eigenvalue weighted by atomic mass is 14.9. The number of aromatic amines is 1. The molecule has 1 fully saturated rings. The van der Waals surface area contributed by atoms with E-state index in [1.807, 2.05) is 12.4 Å². The van der Waals surface area contributed by atoms with Crippen molar-refractivity contribution in [2.24, 2.45) is 5.92 Å². The van der Waals surface area contributed by atoms with Crippen molar-refractivity contribution in [1.29, 1.82) is 5.26 Å². The van der Waals surface area contributed by atoms with Crippen molar-refractivity contribution >= 4 is 0 Å². The molecule has 86 valence electrons. The second-order valence-corrected chi connectivity index (χ2v) is 4.60. The van der Waals surface area contributed by atoms with E-state index in [4.69, 9.17) is 5.26 Å². The van der Waals surface area contributed by atoms with Crippen molar-refractivity contribution in [3.05, 3.63) is 24.0 Å². The van der Waals surface area contributed by atoms with E-state index in [9.17, 15) is 0 Å². The Morgan fingerprint density at radius 3 is 2.81 bits per heavy atom. The summed E-state index contributed by atoms with van der Waals surface area (Å²) in [7, 11) is 0. The average Bonchev–Trinajstić information content (AvgIpc) is 2.83. The van der Waals surface area contributed by atoms with Crippen LogP contribution in [-0.2, 0) is 6.42 Å². The van der Waals surface area contributed by atoms with Crippen LogP contribution in [0.4, 0.5) is 0 Å². The van der Waals surface area contributed by atoms with Crippen molar-refractivity contribution in [3.8, 4) is 6.07 Å². The third-order valence-electron chi connectivity index (χ3n) is 3.42. The molecule has 2 rings (SSSR count). The van der Waals surface area contributed by atoms with Gasteiger partial charge in [0.15, 0.2) is 0 Å². The lowest BCUT2D eigenvalue weighted by molar-refractivity contribution is 0.334. The first kappa shape index (κ1) is 11.2. The molecule has 1 aromatic heterocycles. The minimum Gasteiger partial charge on any atom is -0.367 e. The molecule has 0 unspecified atom stereocenters. The molecule has 0 aromatic carbocycles. The number of nitriles is 1. The Morgan fingerprint density at radius 2 is 2.19 bits per heavy atom. The molecule has 3 nitrogen and oxygen atoms in total. The van der Waals surface area contributed by atoms with E-state index in [1.54, 1.807) is 0 Å². The molecular formula is C13H19N3. The Balaban J connectivity index is 1.63. The highest BCUT2D eigenvalue weighted by Gasteiger charge is 2.19. The quantitative estimate of drug-likeness (QED) is 0.812. The highest BCUT2D eigenvalue weighted by molar-refractivity contribution is 5.08. The second kappa shape index (κ2) is 5.72. The van der Waals surface area contributed by atoms with E-state index in [1.165, 1.54) is 5.56 Å². The first-order valence-electron chi connectivity index (χ1n) is 6.13. The topological polar surface area (TPSA) is 51.6 Å². The standard InChI is InChI=1S/C13H19N3/c14-9-11-1-3-13(4-2-11)16-8-6-12-5-7-15-10-12/h5,7,10-11,13,15-16H,1-4,6,8H2. The molecule has 2 N–H and O–H groups in total. The fraction of sp³-hybridized carbons (Fsp3) is 0.615. The maximum Gasteiger partial charge on any atom is 0.0655 e. The Kier molecular flexibility index (Phi) is 4.01. The number of nitrogens with one attached hydrogen (secondary N) is 2. The third kappa shape index (κ3) is 3.11. The molecule has 0 aliphatic heterocycles. The van der Waals surface area contributed by atoms with Crippen molar-refractivity contribution in [2.45, 2.75) is 38.1 Å². The van der Waals surface area contributed by atoms with Crippen LogP contribution < -0.4 is 5.32 Å². The molecule has 0 radical (unpaired) electrons. The van der Waals surface area contributed by atoms with Crippen LogP contribution in [0.15, 0.2) is 18.5 Å². The van der Waals surface area contributed by atoms with Crippen molar-refractivity contribution in [2.75, 3.05) is 6.54 Å². The van der Waals surface area contributed by atoms with E-state index in [-0.39, 0.29) is 0 Å². The predicted molar refractivity (Wildman–Crippen MR) is 63.9 cm³/mol. The number of aromatic nitrogens is 1. The van der Waals surface area contributed by atoms with E-state index in [0.717, 1.165) is 38.6 Å². The average molecular weight is 217 g/mol. The molecule has 3 heteroatoms. The van der Waals surface area contributed by atoms with E-state index in [0.29, 0.717) is 12.0 Å². The Labute approximate surface area is 96.9 Å². The Morgan fingerprint density at radius 1 is 1.38 bits per heavy atom. The molecule has 1 heterocycles. The number of rotatable bonds is 4. The number of hydrogen-bond acceptors (Lipinski definition) is 2. The predicted octanol–water partition coefficient (Wildman–Crippen LogP) is 2.23. The minimum atomic E-state index is 0.308. The van der Waals surface area contributed by atoms with Crippen LogP contribution in [0.2, 0.25) is 0 Å². The fourth-order valence-electron chi connectivity index (χ4n) is 2.36. The van der Waals surface area contributed by atoms with Crippen LogP contribution in [0.1, 0.15) is 31.2 Å². The molecule has 0 saturated heterocycles. The maximum absolute atomic E-state index is 8.80. The molecule has 16 heavy (non-hydrogen) atoms. The van der Waals surface area contributed by atoms with Gasteiger partial charge in [0, 0.05) is 24.4 Å². The number of nitrogens with zero attached hydrogens (tertiary/aromatic N) is 1. The number of hydrogen-bond donors (Lipinski definition) is 2. The lowest BCUT2D eigenvalue weighted by atomic mass is 9.87. The second-order valence-electron chi connectivity index (χ2n) is 4.60. The van der Waals surface area contributed by atoms with Gasteiger partial charge in [-0.15, -0.1) is 0 Å². The van der Waals surface area contributed by atoms with Gasteiger partial charge in [-0.1, -0.05) is 0 Å². The zero-order chi connectivity index (χ0) is 11.2. The normalized spacial score (nSPS) is 25.2. The molecule has 0 atom stereocenters. The molecule has 0 spiro atoms. The molecule has 1 aromatic rings. The van der Waals surface area contributed by atoms with Crippen LogP contribution in [0, 0.1) is 17.2 Å². The summed E-state index contributed by atoms with van der Waals surface area (Å²) < 4.78 is 0. The Hall–Kier alpha value is -1.27. The lowest BCUT2D eigenvalue weighted by Gasteiger charge is -2.25. The summed E-state index contributed by atoms with van der Waals surface area (Å²) in [6.07, 6.45) is 9.55. The smallest absolute Gasteiger partial charge is 0.0655 e. The van der Waals surface area contributed by atoms with Gasteiger partial charge in [0.1, 0.15) is 0 Å². The van der Waals surface area contributed by atoms with Gasteiger partial charge in [-0.3, -0.25) is 0 Å². The zero-order valence-corrected chi connectivity index (χ0v) is 9.58. The van der Waals surface area contributed by atoms with Gasteiger partial charge in [-0.05, 0) is 50.3 Å². The molecule has 0 amide bonds. The first-order valence-corrected chi connectivity index (χ1v) is 6.13. The van der Waals surface area contributed by atoms with Gasteiger partial charge in [0.25, 0.3) is 0 Å². The molecule has 0 bridgehead atoms. The van der Waals surface area contributed by atoms with Gasteiger partial charge in [-0.25, -0.2) is 0 Å². The monoisotopic (exact) mass is 217 g/mol. The summed E-state index contributed by atoms with van der Waals surface area (Å²) in [5.41, 5.74) is 1.36. The van der Waals surface area contributed by atoms with E-state index < -0.39 is 0 Å². The van der Waals surface area contributed by atoms with Crippen LogP contribution in [0.5, 0.6) is 0 Å². The summed E-state index contributed by atoms with van der Waals surface area (Å²) in [6, 6.07) is 5.12. The van der Waals surface area contributed by atoms with Crippen LogP contribution in [0.3, 0.4) is 0 Å². The molecular weight excluding hydrogens is 198 g/mol.